The number of imidazole rings is 1. The Morgan fingerprint density at radius 1 is 1.19 bits per heavy atom. The lowest BCUT2D eigenvalue weighted by Gasteiger charge is -2.07. The van der Waals surface area contributed by atoms with Crippen LogP contribution in [-0.2, 0) is 6.42 Å². The number of halogens is 1. The third-order valence-electron chi connectivity index (χ3n) is 3.12. The van der Waals surface area contributed by atoms with E-state index < -0.39 is 0 Å². The van der Waals surface area contributed by atoms with Crippen LogP contribution in [0.25, 0.3) is 11.0 Å². The van der Waals surface area contributed by atoms with Crippen molar-refractivity contribution in [3.05, 3.63) is 40.8 Å². The molecule has 6 heteroatoms. The number of benzene rings is 1. The summed E-state index contributed by atoms with van der Waals surface area (Å²) in [5, 5.41) is 2.20. The minimum absolute atomic E-state index is 0.520. The van der Waals surface area contributed by atoms with Crippen molar-refractivity contribution in [2.75, 3.05) is 0 Å². The molecule has 3 aromatic rings. The lowest BCUT2D eigenvalue weighted by molar-refractivity contribution is 0.801. The van der Waals surface area contributed by atoms with E-state index in [9.17, 15) is 0 Å². The van der Waals surface area contributed by atoms with Crippen LogP contribution in [0.1, 0.15) is 24.7 Å². The summed E-state index contributed by atoms with van der Waals surface area (Å²) in [5.41, 5.74) is 2.86. The minimum atomic E-state index is 0.520. The molecule has 0 unspecified atom stereocenters. The van der Waals surface area contributed by atoms with Crippen molar-refractivity contribution < 1.29 is 0 Å². The SMILES string of the molecule is CCCc1nc(Cl)c(C)c(Sc2nc3ccccc3[nH]2)n1. The van der Waals surface area contributed by atoms with Gasteiger partial charge in [0, 0.05) is 12.0 Å². The topological polar surface area (TPSA) is 54.5 Å². The second-order valence-electron chi connectivity index (χ2n) is 4.77. The van der Waals surface area contributed by atoms with Crippen LogP contribution in [0, 0.1) is 6.92 Å². The summed E-state index contributed by atoms with van der Waals surface area (Å²) < 4.78 is 0. The molecule has 0 saturated carbocycles. The maximum Gasteiger partial charge on any atom is 0.172 e. The zero-order chi connectivity index (χ0) is 14.8. The highest BCUT2D eigenvalue weighted by molar-refractivity contribution is 7.99. The first-order chi connectivity index (χ1) is 10.2. The first kappa shape index (κ1) is 14.4. The summed E-state index contributed by atoms with van der Waals surface area (Å²) in [5.74, 6) is 0.784. The monoisotopic (exact) mass is 318 g/mol. The maximum absolute atomic E-state index is 6.20. The summed E-state index contributed by atoms with van der Waals surface area (Å²) in [6, 6.07) is 7.96. The van der Waals surface area contributed by atoms with Gasteiger partial charge in [0.1, 0.15) is 16.0 Å². The predicted molar refractivity (Wildman–Crippen MR) is 86.0 cm³/mol. The van der Waals surface area contributed by atoms with Gasteiger partial charge >= 0.3 is 0 Å². The van der Waals surface area contributed by atoms with Crippen molar-refractivity contribution in [3.8, 4) is 0 Å². The van der Waals surface area contributed by atoms with Crippen LogP contribution in [0.15, 0.2) is 34.4 Å². The molecule has 21 heavy (non-hydrogen) atoms. The molecular weight excluding hydrogens is 304 g/mol. The average molecular weight is 319 g/mol. The van der Waals surface area contributed by atoms with Gasteiger partial charge in [-0.15, -0.1) is 0 Å². The van der Waals surface area contributed by atoms with Gasteiger partial charge in [0.2, 0.25) is 0 Å². The fourth-order valence-electron chi connectivity index (χ4n) is 2.02. The van der Waals surface area contributed by atoms with E-state index in [4.69, 9.17) is 11.6 Å². The highest BCUT2D eigenvalue weighted by atomic mass is 35.5. The molecule has 0 bridgehead atoms. The lowest BCUT2D eigenvalue weighted by Crippen LogP contribution is -1.99. The van der Waals surface area contributed by atoms with Gasteiger partial charge in [0.05, 0.1) is 11.0 Å². The first-order valence-corrected chi connectivity index (χ1v) is 8.02. The number of fused-ring (bicyclic) bond motifs is 1. The molecule has 1 N–H and O–H groups in total. The van der Waals surface area contributed by atoms with E-state index in [0.29, 0.717) is 5.15 Å². The number of para-hydroxylation sites is 2. The molecule has 0 amide bonds. The van der Waals surface area contributed by atoms with Gasteiger partial charge in [-0.3, -0.25) is 0 Å². The summed E-state index contributed by atoms with van der Waals surface area (Å²) in [7, 11) is 0. The van der Waals surface area contributed by atoms with E-state index in [1.54, 1.807) is 0 Å². The van der Waals surface area contributed by atoms with Crippen molar-refractivity contribution in [3.63, 3.8) is 0 Å². The number of hydrogen-bond donors (Lipinski definition) is 1. The maximum atomic E-state index is 6.20. The first-order valence-electron chi connectivity index (χ1n) is 6.83. The molecule has 108 valence electrons. The van der Waals surface area contributed by atoms with Crippen LogP contribution in [0.3, 0.4) is 0 Å². The molecule has 0 aliphatic rings. The smallest absolute Gasteiger partial charge is 0.172 e. The molecular formula is C15H15ClN4S. The molecule has 3 rings (SSSR count). The molecule has 0 fully saturated rings. The van der Waals surface area contributed by atoms with Gasteiger partial charge in [0.25, 0.3) is 0 Å². The highest BCUT2D eigenvalue weighted by Crippen LogP contribution is 2.30. The van der Waals surface area contributed by atoms with Crippen LogP contribution in [0.4, 0.5) is 0 Å². The third kappa shape index (κ3) is 3.04. The molecule has 0 radical (unpaired) electrons. The summed E-state index contributed by atoms with van der Waals surface area (Å²) in [6.07, 6.45) is 1.82. The molecule has 0 saturated heterocycles. The van der Waals surface area contributed by atoms with Crippen LogP contribution >= 0.6 is 23.4 Å². The Kier molecular flexibility index (Phi) is 4.12. The van der Waals surface area contributed by atoms with Gasteiger partial charge in [-0.2, -0.15) is 0 Å². The molecule has 4 nitrogen and oxygen atoms in total. The van der Waals surface area contributed by atoms with Crippen molar-refractivity contribution in [2.24, 2.45) is 0 Å². The molecule has 0 aliphatic carbocycles. The Morgan fingerprint density at radius 2 is 2.00 bits per heavy atom. The van der Waals surface area contributed by atoms with Gasteiger partial charge in [-0.25, -0.2) is 15.0 Å². The number of H-pyrrole nitrogens is 1. The van der Waals surface area contributed by atoms with E-state index in [1.807, 2.05) is 31.2 Å². The predicted octanol–water partition coefficient (Wildman–Crippen LogP) is 4.42. The molecule has 2 aromatic heterocycles. The fraction of sp³-hybridized carbons (Fsp3) is 0.267. The Morgan fingerprint density at radius 3 is 2.76 bits per heavy atom. The summed E-state index contributed by atoms with van der Waals surface area (Å²) in [6.45, 7) is 4.03. The highest BCUT2D eigenvalue weighted by Gasteiger charge is 2.12. The number of aromatic amines is 1. The Hall–Kier alpha value is -1.59. The number of aromatic nitrogens is 4. The van der Waals surface area contributed by atoms with Gasteiger partial charge in [0.15, 0.2) is 5.16 Å². The van der Waals surface area contributed by atoms with E-state index >= 15 is 0 Å². The molecule has 0 spiro atoms. The lowest BCUT2D eigenvalue weighted by atomic mass is 10.3. The number of nitrogens with one attached hydrogen (secondary N) is 1. The second kappa shape index (κ2) is 6.03. The van der Waals surface area contributed by atoms with Crippen molar-refractivity contribution >= 4 is 34.4 Å². The summed E-state index contributed by atoms with van der Waals surface area (Å²) in [4.78, 5) is 16.8. The summed E-state index contributed by atoms with van der Waals surface area (Å²) >= 11 is 7.70. The standard InChI is InChI=1S/C15H15ClN4S/c1-3-6-12-19-13(16)9(2)14(20-12)21-15-17-10-7-4-5-8-11(10)18-15/h4-5,7-8H,3,6H2,1-2H3,(H,17,18). The van der Waals surface area contributed by atoms with Gasteiger partial charge in [-0.1, -0.05) is 30.7 Å². The normalized spacial score (nSPS) is 11.2. The Bertz CT molecular complexity index is 751. The van der Waals surface area contributed by atoms with E-state index in [-0.39, 0.29) is 0 Å². The van der Waals surface area contributed by atoms with Gasteiger partial charge in [-0.05, 0) is 37.2 Å². The molecule has 2 heterocycles. The third-order valence-corrected chi connectivity index (χ3v) is 4.47. The van der Waals surface area contributed by atoms with Crippen molar-refractivity contribution in [1.82, 2.24) is 19.9 Å². The molecule has 1 aromatic carbocycles. The number of rotatable bonds is 4. The van der Waals surface area contributed by atoms with Crippen molar-refractivity contribution in [1.29, 1.82) is 0 Å². The minimum Gasteiger partial charge on any atom is -0.333 e. The van der Waals surface area contributed by atoms with Crippen molar-refractivity contribution in [2.45, 2.75) is 36.9 Å². The molecule has 0 aliphatic heterocycles. The number of hydrogen-bond acceptors (Lipinski definition) is 4. The Labute approximate surface area is 132 Å². The quantitative estimate of drug-likeness (QED) is 0.723. The van der Waals surface area contributed by atoms with Crippen LogP contribution in [0.5, 0.6) is 0 Å². The Balaban J connectivity index is 1.96. The fourth-order valence-corrected chi connectivity index (χ4v) is 3.15. The second-order valence-corrected chi connectivity index (χ2v) is 6.11. The average Bonchev–Trinajstić information content (AvgIpc) is 2.87. The largest absolute Gasteiger partial charge is 0.333 e. The van der Waals surface area contributed by atoms with Crippen LogP contribution < -0.4 is 0 Å². The zero-order valence-electron chi connectivity index (χ0n) is 11.9. The zero-order valence-corrected chi connectivity index (χ0v) is 13.4. The molecule has 0 atom stereocenters. The van der Waals surface area contributed by atoms with Crippen LogP contribution in [-0.4, -0.2) is 19.9 Å². The number of aryl methyl sites for hydroxylation is 1. The van der Waals surface area contributed by atoms with E-state index in [0.717, 1.165) is 45.4 Å². The van der Waals surface area contributed by atoms with Gasteiger partial charge < -0.3 is 4.98 Å². The van der Waals surface area contributed by atoms with Crippen LogP contribution in [0.2, 0.25) is 5.15 Å². The number of nitrogens with zero attached hydrogens (tertiary/aromatic N) is 3. The van der Waals surface area contributed by atoms with E-state index in [1.165, 1.54) is 11.8 Å². The van der Waals surface area contributed by atoms with E-state index in [2.05, 4.69) is 26.9 Å².